The maximum atomic E-state index is 12.4. The van der Waals surface area contributed by atoms with Gasteiger partial charge in [-0.2, -0.15) is 4.68 Å². The fourth-order valence-corrected chi connectivity index (χ4v) is 3.24. The molecule has 2 aromatic carbocycles. The minimum atomic E-state index is -1.05. The summed E-state index contributed by atoms with van der Waals surface area (Å²) < 4.78 is 14.8. The highest BCUT2D eigenvalue weighted by molar-refractivity contribution is 14.1. The number of H-pyrrole nitrogens is 1. The van der Waals surface area contributed by atoms with E-state index in [1.807, 2.05) is 50.2 Å². The van der Waals surface area contributed by atoms with Gasteiger partial charge < -0.3 is 5.32 Å². The van der Waals surface area contributed by atoms with Crippen LogP contribution in [0.4, 0.5) is 4.39 Å². The monoisotopic (exact) mass is 480 g/mol. The third kappa shape index (κ3) is 4.10. The molecule has 1 aromatic heterocycles. The minimum absolute atomic E-state index is 0.212. The molecular formula is C19H18FIN4O2. The zero-order valence-corrected chi connectivity index (χ0v) is 17.0. The van der Waals surface area contributed by atoms with Crippen molar-refractivity contribution in [2.75, 3.05) is 6.67 Å². The SMILES string of the molecule is Cc1ccc(CNC(=O)CF)c(C)c1-c1nn(-c2ccc(I)cc2)c(=O)[nH]1. The number of nitrogens with one attached hydrogen (secondary N) is 2. The number of amides is 1. The maximum absolute atomic E-state index is 12.4. The molecule has 1 heterocycles. The number of halogens is 2. The number of benzene rings is 2. The lowest BCUT2D eigenvalue weighted by Gasteiger charge is -2.13. The van der Waals surface area contributed by atoms with Crippen molar-refractivity contribution < 1.29 is 9.18 Å². The van der Waals surface area contributed by atoms with Gasteiger partial charge in [-0.3, -0.25) is 9.78 Å². The van der Waals surface area contributed by atoms with Gasteiger partial charge in [-0.1, -0.05) is 12.1 Å². The molecule has 0 fully saturated rings. The summed E-state index contributed by atoms with van der Waals surface area (Å²) in [7, 11) is 0. The van der Waals surface area contributed by atoms with Crippen LogP contribution in [-0.2, 0) is 11.3 Å². The second-order valence-electron chi connectivity index (χ2n) is 6.12. The summed E-state index contributed by atoms with van der Waals surface area (Å²) in [6.45, 7) is 2.98. The number of aromatic nitrogens is 3. The Hall–Kier alpha value is -2.49. The average Bonchev–Trinajstić information content (AvgIpc) is 3.02. The molecule has 2 N–H and O–H groups in total. The van der Waals surface area contributed by atoms with Gasteiger partial charge in [0.2, 0.25) is 0 Å². The van der Waals surface area contributed by atoms with Gasteiger partial charge in [-0.05, 0) is 77.4 Å². The maximum Gasteiger partial charge on any atom is 0.348 e. The van der Waals surface area contributed by atoms with E-state index in [-0.39, 0.29) is 12.2 Å². The largest absolute Gasteiger partial charge is 0.350 e. The summed E-state index contributed by atoms with van der Waals surface area (Å²) in [5.41, 5.74) is 3.78. The van der Waals surface area contributed by atoms with Crippen LogP contribution in [0.1, 0.15) is 16.7 Å². The van der Waals surface area contributed by atoms with Crippen molar-refractivity contribution in [2.45, 2.75) is 20.4 Å². The summed E-state index contributed by atoms with van der Waals surface area (Å²) >= 11 is 2.20. The van der Waals surface area contributed by atoms with Crippen molar-refractivity contribution in [2.24, 2.45) is 0 Å². The fourth-order valence-electron chi connectivity index (χ4n) is 2.88. The van der Waals surface area contributed by atoms with Crippen LogP contribution < -0.4 is 11.0 Å². The van der Waals surface area contributed by atoms with Crippen molar-refractivity contribution in [3.63, 3.8) is 0 Å². The van der Waals surface area contributed by atoms with Gasteiger partial charge in [0.15, 0.2) is 12.5 Å². The van der Waals surface area contributed by atoms with Crippen molar-refractivity contribution >= 4 is 28.5 Å². The number of alkyl halides is 1. The number of aryl methyl sites for hydroxylation is 1. The topological polar surface area (TPSA) is 79.8 Å². The lowest BCUT2D eigenvalue weighted by molar-refractivity contribution is -0.122. The smallest absolute Gasteiger partial charge is 0.348 e. The Morgan fingerprint density at radius 3 is 2.59 bits per heavy atom. The molecule has 3 rings (SSSR count). The van der Waals surface area contributed by atoms with Crippen LogP contribution in [0.25, 0.3) is 17.1 Å². The van der Waals surface area contributed by atoms with E-state index in [2.05, 4.69) is 38.0 Å². The summed E-state index contributed by atoms with van der Waals surface area (Å²) in [4.78, 5) is 26.4. The normalized spacial score (nSPS) is 10.8. The zero-order valence-electron chi connectivity index (χ0n) is 14.8. The molecule has 0 aliphatic heterocycles. The first-order valence-corrected chi connectivity index (χ1v) is 9.36. The lowest BCUT2D eigenvalue weighted by Crippen LogP contribution is -2.24. The number of hydrogen-bond acceptors (Lipinski definition) is 3. The van der Waals surface area contributed by atoms with Crippen molar-refractivity contribution in [3.05, 3.63) is 67.1 Å². The van der Waals surface area contributed by atoms with Gasteiger partial charge in [0.1, 0.15) is 0 Å². The molecule has 0 aliphatic carbocycles. The van der Waals surface area contributed by atoms with Gasteiger partial charge in [0, 0.05) is 15.7 Å². The molecule has 0 atom stereocenters. The molecule has 0 radical (unpaired) electrons. The van der Waals surface area contributed by atoms with E-state index in [1.54, 1.807) is 0 Å². The molecule has 1 amide bonds. The number of nitrogens with zero attached hydrogens (tertiary/aromatic N) is 2. The third-order valence-corrected chi connectivity index (χ3v) is 5.03. The number of hydrogen-bond donors (Lipinski definition) is 2. The second kappa shape index (κ2) is 8.03. The number of carbonyl (C=O) groups excluding carboxylic acids is 1. The predicted molar refractivity (Wildman–Crippen MR) is 110 cm³/mol. The van der Waals surface area contributed by atoms with E-state index in [4.69, 9.17) is 0 Å². The molecule has 140 valence electrons. The highest BCUT2D eigenvalue weighted by atomic mass is 127. The molecule has 0 saturated heterocycles. The molecule has 27 heavy (non-hydrogen) atoms. The number of carbonyl (C=O) groups is 1. The Labute approximate surface area is 168 Å². The number of rotatable bonds is 5. The molecule has 0 saturated carbocycles. The Kier molecular flexibility index (Phi) is 5.73. The van der Waals surface area contributed by atoms with Gasteiger partial charge in [0.25, 0.3) is 5.91 Å². The van der Waals surface area contributed by atoms with Gasteiger partial charge >= 0.3 is 5.69 Å². The summed E-state index contributed by atoms with van der Waals surface area (Å²) in [5.74, 6) is -0.208. The van der Waals surface area contributed by atoms with E-state index in [1.165, 1.54) is 4.68 Å². The standard InChI is InChI=1S/C19H18FIN4O2/c1-11-3-4-13(10-22-16(26)9-20)12(2)17(11)18-23-19(27)25(24-18)15-7-5-14(21)6-8-15/h3-8H,9-10H2,1-2H3,(H,22,26)(H,23,24,27). The molecule has 0 unspecified atom stereocenters. The molecule has 0 aliphatic rings. The van der Waals surface area contributed by atoms with E-state index in [0.29, 0.717) is 11.5 Å². The second-order valence-corrected chi connectivity index (χ2v) is 7.36. The van der Waals surface area contributed by atoms with E-state index < -0.39 is 12.6 Å². The molecule has 3 aromatic rings. The van der Waals surface area contributed by atoms with Crippen LogP contribution in [0.2, 0.25) is 0 Å². The van der Waals surface area contributed by atoms with Crippen molar-refractivity contribution in [1.82, 2.24) is 20.1 Å². The Balaban J connectivity index is 2.01. The van der Waals surface area contributed by atoms with Crippen LogP contribution in [0.3, 0.4) is 0 Å². The zero-order chi connectivity index (χ0) is 19.6. The molecule has 8 heteroatoms. The van der Waals surface area contributed by atoms with Crippen LogP contribution in [0.15, 0.2) is 41.2 Å². The van der Waals surface area contributed by atoms with Crippen LogP contribution in [-0.4, -0.2) is 27.3 Å². The molecule has 6 nitrogen and oxygen atoms in total. The first kappa shape index (κ1) is 19.3. The van der Waals surface area contributed by atoms with Crippen molar-refractivity contribution in [3.8, 4) is 17.1 Å². The van der Waals surface area contributed by atoms with Crippen LogP contribution in [0, 0.1) is 17.4 Å². The molecule has 0 bridgehead atoms. The Morgan fingerprint density at radius 1 is 1.22 bits per heavy atom. The van der Waals surface area contributed by atoms with Gasteiger partial charge in [0.05, 0.1) is 5.69 Å². The fraction of sp³-hybridized carbons (Fsp3) is 0.211. The first-order chi connectivity index (χ1) is 12.9. The predicted octanol–water partition coefficient (Wildman–Crippen LogP) is 3.03. The first-order valence-electron chi connectivity index (χ1n) is 8.28. The number of aromatic amines is 1. The Morgan fingerprint density at radius 2 is 1.93 bits per heavy atom. The van der Waals surface area contributed by atoms with E-state index in [9.17, 15) is 14.0 Å². The molecular weight excluding hydrogens is 462 g/mol. The van der Waals surface area contributed by atoms with Crippen LogP contribution >= 0.6 is 22.6 Å². The Bertz CT molecular complexity index is 1040. The minimum Gasteiger partial charge on any atom is -0.350 e. The summed E-state index contributed by atoms with van der Waals surface area (Å²) in [5, 5.41) is 6.98. The highest BCUT2D eigenvalue weighted by Crippen LogP contribution is 2.26. The van der Waals surface area contributed by atoms with E-state index >= 15 is 0 Å². The summed E-state index contributed by atoms with van der Waals surface area (Å²) in [6.07, 6.45) is 0. The lowest BCUT2D eigenvalue weighted by atomic mass is 9.97. The summed E-state index contributed by atoms with van der Waals surface area (Å²) in [6, 6.07) is 11.2. The average molecular weight is 480 g/mol. The van der Waals surface area contributed by atoms with Gasteiger partial charge in [-0.15, -0.1) is 5.10 Å². The highest BCUT2D eigenvalue weighted by Gasteiger charge is 2.16. The quantitative estimate of drug-likeness (QED) is 0.552. The molecule has 0 spiro atoms. The third-order valence-electron chi connectivity index (χ3n) is 4.31. The van der Waals surface area contributed by atoms with Gasteiger partial charge in [-0.25, -0.2) is 9.18 Å². The van der Waals surface area contributed by atoms with Crippen LogP contribution in [0.5, 0.6) is 0 Å². The van der Waals surface area contributed by atoms with Crippen molar-refractivity contribution in [1.29, 1.82) is 0 Å². The van der Waals surface area contributed by atoms with E-state index in [0.717, 1.165) is 25.8 Å².